The van der Waals surface area contributed by atoms with E-state index in [1.165, 1.54) is 0 Å². The van der Waals surface area contributed by atoms with Gasteiger partial charge in [0.25, 0.3) is 0 Å². The van der Waals surface area contributed by atoms with Gasteiger partial charge in [-0.15, -0.1) is 0 Å². The Kier molecular flexibility index (Phi) is 7.27. The average Bonchev–Trinajstić information content (AvgIpc) is 2.76. The summed E-state index contributed by atoms with van der Waals surface area (Å²) >= 11 is 0. The number of nitrogens with one attached hydrogen (secondary N) is 1. The summed E-state index contributed by atoms with van der Waals surface area (Å²) in [6.07, 6.45) is 2.68. The van der Waals surface area contributed by atoms with Crippen LogP contribution in [0.5, 0.6) is 5.75 Å². The highest BCUT2D eigenvalue weighted by molar-refractivity contribution is 5.91. The van der Waals surface area contributed by atoms with E-state index >= 15 is 0 Å². The molecule has 0 fully saturated rings. The molecule has 0 heterocycles. The predicted molar refractivity (Wildman–Crippen MR) is 120 cm³/mol. The Morgan fingerprint density at radius 3 is 2.39 bits per heavy atom. The molecule has 0 aromatic heterocycles. The molecule has 2 atom stereocenters. The maximum absolute atomic E-state index is 12.6. The van der Waals surface area contributed by atoms with E-state index in [-0.39, 0.29) is 11.7 Å². The topological polar surface area (TPSA) is 95.9 Å². The number of para-hydroxylation sites is 1. The van der Waals surface area contributed by atoms with E-state index in [0.717, 1.165) is 17.0 Å². The van der Waals surface area contributed by atoms with Gasteiger partial charge in [-0.2, -0.15) is 0 Å². The molecular weight excluding hydrogens is 394 g/mol. The second kappa shape index (κ2) is 10.3. The van der Waals surface area contributed by atoms with Crippen molar-refractivity contribution in [3.8, 4) is 5.75 Å². The van der Waals surface area contributed by atoms with Crippen molar-refractivity contribution < 1.29 is 24.5 Å². The van der Waals surface area contributed by atoms with Crippen LogP contribution in [0, 0.1) is 5.92 Å². The number of hydrogen-bond acceptors (Lipinski definition) is 4. The van der Waals surface area contributed by atoms with Crippen LogP contribution in [-0.2, 0) is 9.53 Å². The van der Waals surface area contributed by atoms with Crippen LogP contribution in [0.1, 0.15) is 31.4 Å². The van der Waals surface area contributed by atoms with Crippen LogP contribution < -0.4 is 5.32 Å². The lowest BCUT2D eigenvalue weighted by atomic mass is 9.89. The van der Waals surface area contributed by atoms with Crippen LogP contribution in [0.2, 0.25) is 0 Å². The number of hydrogen-bond donors (Lipinski definition) is 3. The first-order valence-corrected chi connectivity index (χ1v) is 10.1. The Morgan fingerprint density at radius 1 is 1.00 bits per heavy atom. The van der Waals surface area contributed by atoms with E-state index in [2.05, 4.69) is 5.32 Å². The minimum atomic E-state index is -0.993. The number of amides is 1. The summed E-state index contributed by atoms with van der Waals surface area (Å²) in [7, 11) is 0. The second-order valence-corrected chi connectivity index (χ2v) is 7.33. The number of aromatic hydroxyl groups is 1. The van der Waals surface area contributed by atoms with Crippen LogP contribution in [0.4, 0.5) is 10.5 Å². The monoisotopic (exact) mass is 419 g/mol. The Hall–Kier alpha value is -3.80. The number of carboxylic acids is 1. The molecule has 0 spiro atoms. The van der Waals surface area contributed by atoms with E-state index < -0.39 is 18.2 Å². The third-order valence-electron chi connectivity index (χ3n) is 5.06. The van der Waals surface area contributed by atoms with Crippen molar-refractivity contribution in [3.05, 3.63) is 84.4 Å². The van der Waals surface area contributed by atoms with Crippen LogP contribution in [-0.4, -0.2) is 22.3 Å². The fourth-order valence-corrected chi connectivity index (χ4v) is 3.52. The highest BCUT2D eigenvalue weighted by atomic mass is 16.6. The zero-order valence-corrected chi connectivity index (χ0v) is 17.2. The molecule has 0 saturated heterocycles. The molecular formula is C25H25NO5. The van der Waals surface area contributed by atoms with Gasteiger partial charge in [-0.05, 0) is 42.3 Å². The van der Waals surface area contributed by atoms with E-state index in [0.29, 0.717) is 23.9 Å². The average molecular weight is 419 g/mol. The lowest BCUT2D eigenvalue weighted by Crippen LogP contribution is -2.22. The van der Waals surface area contributed by atoms with Crippen molar-refractivity contribution in [2.24, 2.45) is 5.92 Å². The number of rotatable bonds is 8. The SMILES string of the molecule is C[C@H](CC/C=C/C(=O)O)[C@@H](OC(=O)Nc1ccccc1)c1ccc(O)c2ccccc12. The Bertz CT molecular complexity index is 1080. The summed E-state index contributed by atoms with van der Waals surface area (Å²) in [6.45, 7) is 1.96. The molecule has 1 amide bonds. The van der Waals surface area contributed by atoms with Gasteiger partial charge in [0.1, 0.15) is 11.9 Å². The number of carbonyl (C=O) groups is 2. The van der Waals surface area contributed by atoms with Gasteiger partial charge >= 0.3 is 12.1 Å². The number of carboxylic acid groups (broad SMARTS) is 1. The van der Waals surface area contributed by atoms with Gasteiger partial charge in [0.2, 0.25) is 0 Å². The van der Waals surface area contributed by atoms with Crippen molar-refractivity contribution in [1.82, 2.24) is 0 Å². The highest BCUT2D eigenvalue weighted by Crippen LogP contribution is 2.37. The van der Waals surface area contributed by atoms with Crippen LogP contribution in [0.25, 0.3) is 10.8 Å². The molecule has 31 heavy (non-hydrogen) atoms. The van der Waals surface area contributed by atoms with Gasteiger partial charge in [-0.25, -0.2) is 9.59 Å². The first-order chi connectivity index (χ1) is 15.0. The summed E-state index contributed by atoms with van der Waals surface area (Å²) in [4.78, 5) is 23.4. The van der Waals surface area contributed by atoms with Gasteiger partial charge in [-0.1, -0.05) is 61.5 Å². The molecule has 6 heteroatoms. The number of phenolic OH excluding ortho intramolecular Hbond substituents is 1. The van der Waals surface area contributed by atoms with Crippen LogP contribution in [0.3, 0.4) is 0 Å². The zero-order valence-electron chi connectivity index (χ0n) is 17.2. The molecule has 3 aromatic carbocycles. The predicted octanol–water partition coefficient (Wildman–Crippen LogP) is 5.89. The molecule has 0 unspecified atom stereocenters. The van der Waals surface area contributed by atoms with Gasteiger partial charge in [0.05, 0.1) is 0 Å². The number of phenols is 1. The smallest absolute Gasteiger partial charge is 0.412 e. The molecule has 0 saturated carbocycles. The number of carbonyl (C=O) groups excluding carboxylic acids is 1. The molecule has 3 rings (SSSR count). The third-order valence-corrected chi connectivity index (χ3v) is 5.06. The summed E-state index contributed by atoms with van der Waals surface area (Å²) < 4.78 is 5.86. The molecule has 0 aliphatic heterocycles. The van der Waals surface area contributed by atoms with Gasteiger partial charge in [0, 0.05) is 22.7 Å². The van der Waals surface area contributed by atoms with Crippen molar-refractivity contribution >= 4 is 28.5 Å². The summed E-state index contributed by atoms with van der Waals surface area (Å²) in [6, 6.07) is 19.8. The number of ether oxygens (including phenoxy) is 1. The zero-order chi connectivity index (χ0) is 22.2. The highest BCUT2D eigenvalue weighted by Gasteiger charge is 2.25. The maximum atomic E-state index is 12.6. The number of aliphatic carboxylic acids is 1. The van der Waals surface area contributed by atoms with E-state index in [1.807, 2.05) is 49.4 Å². The maximum Gasteiger partial charge on any atom is 0.412 e. The van der Waals surface area contributed by atoms with E-state index in [1.54, 1.807) is 30.3 Å². The number of benzene rings is 3. The van der Waals surface area contributed by atoms with E-state index in [9.17, 15) is 14.7 Å². The van der Waals surface area contributed by atoms with Crippen molar-refractivity contribution in [2.75, 3.05) is 5.32 Å². The molecule has 160 valence electrons. The number of anilines is 1. The largest absolute Gasteiger partial charge is 0.507 e. The number of allylic oxidation sites excluding steroid dienone is 1. The summed E-state index contributed by atoms with van der Waals surface area (Å²) in [5, 5.41) is 23.2. The normalized spacial score (nSPS) is 13.1. The minimum absolute atomic E-state index is 0.104. The fourth-order valence-electron chi connectivity index (χ4n) is 3.52. The molecule has 0 radical (unpaired) electrons. The fraction of sp³-hybridized carbons (Fsp3) is 0.200. The first-order valence-electron chi connectivity index (χ1n) is 10.1. The lowest BCUT2D eigenvalue weighted by molar-refractivity contribution is -0.131. The van der Waals surface area contributed by atoms with Crippen molar-refractivity contribution in [3.63, 3.8) is 0 Å². The Morgan fingerprint density at radius 2 is 1.68 bits per heavy atom. The lowest BCUT2D eigenvalue weighted by Gasteiger charge is -2.26. The number of fused-ring (bicyclic) bond motifs is 1. The van der Waals surface area contributed by atoms with Gasteiger partial charge in [-0.3, -0.25) is 5.32 Å². The van der Waals surface area contributed by atoms with Crippen LogP contribution in [0.15, 0.2) is 78.9 Å². The standard InChI is InChI=1S/C25H25NO5/c1-17(9-5-8-14-23(28)29)24(31-25(30)26-18-10-3-2-4-11-18)21-15-16-22(27)20-13-7-6-12-19(20)21/h2-4,6-8,10-17,24,27H,5,9H2,1H3,(H,26,30)(H,28,29)/b14-8+/t17-,24-/m1/s1. The molecule has 0 aliphatic rings. The molecule has 3 aromatic rings. The summed E-state index contributed by atoms with van der Waals surface area (Å²) in [5.74, 6) is -0.941. The molecule has 3 N–H and O–H groups in total. The van der Waals surface area contributed by atoms with Gasteiger partial charge < -0.3 is 14.9 Å². The van der Waals surface area contributed by atoms with Crippen molar-refractivity contribution in [1.29, 1.82) is 0 Å². The van der Waals surface area contributed by atoms with E-state index in [4.69, 9.17) is 9.84 Å². The third kappa shape index (κ3) is 5.85. The molecule has 6 nitrogen and oxygen atoms in total. The first kappa shape index (κ1) is 21.9. The van der Waals surface area contributed by atoms with Gasteiger partial charge in [0.15, 0.2) is 0 Å². The van der Waals surface area contributed by atoms with Crippen molar-refractivity contribution in [2.45, 2.75) is 25.9 Å². The second-order valence-electron chi connectivity index (χ2n) is 7.33. The Labute approximate surface area is 180 Å². The Balaban J connectivity index is 1.88. The van der Waals surface area contributed by atoms with Crippen LogP contribution >= 0.6 is 0 Å². The summed E-state index contributed by atoms with van der Waals surface area (Å²) in [5.41, 5.74) is 1.41. The minimum Gasteiger partial charge on any atom is -0.507 e. The molecule has 0 bridgehead atoms. The quantitative estimate of drug-likeness (QED) is 0.396. The molecule has 0 aliphatic carbocycles.